The van der Waals surface area contributed by atoms with Crippen LogP contribution < -0.4 is 15.5 Å². The molecule has 2 atom stereocenters. The van der Waals surface area contributed by atoms with Gasteiger partial charge in [0.15, 0.2) is 5.11 Å². The summed E-state index contributed by atoms with van der Waals surface area (Å²) in [6.07, 6.45) is 6.00. The molecule has 1 aliphatic carbocycles. The number of nitrogens with zero attached hydrogens (tertiary/aromatic N) is 3. The Hall–Kier alpha value is -1.92. The second kappa shape index (κ2) is 9.92. The molecule has 2 fully saturated rings. The fourth-order valence-electron chi connectivity index (χ4n) is 5.45. The summed E-state index contributed by atoms with van der Waals surface area (Å²) < 4.78 is 0. The van der Waals surface area contributed by atoms with Gasteiger partial charge in [-0.3, -0.25) is 0 Å². The quantitative estimate of drug-likeness (QED) is 0.544. The highest BCUT2D eigenvalue weighted by Gasteiger charge is 2.35. The molecule has 1 aromatic heterocycles. The number of aromatic nitrogens is 2. The van der Waals surface area contributed by atoms with E-state index < -0.39 is 0 Å². The van der Waals surface area contributed by atoms with Gasteiger partial charge in [-0.15, -0.1) is 0 Å². The van der Waals surface area contributed by atoms with E-state index in [9.17, 15) is 0 Å². The van der Waals surface area contributed by atoms with E-state index in [1.807, 2.05) is 19.1 Å². The zero-order chi connectivity index (χ0) is 22.7. The minimum atomic E-state index is 0.0648. The normalized spacial score (nSPS) is 22.6. The molecule has 5 nitrogen and oxygen atoms in total. The summed E-state index contributed by atoms with van der Waals surface area (Å²) in [5.74, 6) is 2.88. The van der Waals surface area contributed by atoms with Crippen LogP contribution in [0.1, 0.15) is 57.2 Å². The SMILES string of the molecule is Cc1cc(N2C[C@H](C)C[C@@H](C)C2)nc(NC(=S)NCC2(c3cccc(Cl)c3)CCCC2)n1. The Morgan fingerprint density at radius 1 is 1.16 bits per heavy atom. The lowest BCUT2D eigenvalue weighted by atomic mass is 9.79. The van der Waals surface area contributed by atoms with E-state index in [-0.39, 0.29) is 5.41 Å². The van der Waals surface area contributed by atoms with Crippen molar-refractivity contribution < 1.29 is 0 Å². The molecular weight excluding hydrogens is 438 g/mol. The van der Waals surface area contributed by atoms with Crippen LogP contribution in [0.4, 0.5) is 11.8 Å². The van der Waals surface area contributed by atoms with Gasteiger partial charge in [-0.2, -0.15) is 4.98 Å². The van der Waals surface area contributed by atoms with E-state index in [1.165, 1.54) is 24.8 Å². The third kappa shape index (κ3) is 5.52. The van der Waals surface area contributed by atoms with Gasteiger partial charge < -0.3 is 15.5 Å². The maximum Gasteiger partial charge on any atom is 0.231 e. The van der Waals surface area contributed by atoms with Crippen LogP contribution >= 0.6 is 23.8 Å². The predicted molar refractivity (Wildman–Crippen MR) is 138 cm³/mol. The van der Waals surface area contributed by atoms with Crippen molar-refractivity contribution in [3.8, 4) is 0 Å². The first kappa shape index (κ1) is 23.2. The monoisotopic (exact) mass is 471 g/mol. The van der Waals surface area contributed by atoms with Crippen molar-refractivity contribution in [3.63, 3.8) is 0 Å². The molecule has 0 radical (unpaired) electrons. The molecule has 1 saturated heterocycles. The van der Waals surface area contributed by atoms with Crippen molar-refractivity contribution >= 4 is 40.7 Å². The van der Waals surface area contributed by atoms with Crippen molar-refractivity contribution in [2.45, 2.75) is 58.3 Å². The topological polar surface area (TPSA) is 53.1 Å². The Morgan fingerprint density at radius 3 is 2.56 bits per heavy atom. The first-order valence-corrected chi connectivity index (χ1v) is 12.5. The van der Waals surface area contributed by atoms with E-state index in [4.69, 9.17) is 28.8 Å². The Balaban J connectivity index is 1.43. The summed E-state index contributed by atoms with van der Waals surface area (Å²) in [6, 6.07) is 10.3. The Bertz CT molecular complexity index is 949. The third-order valence-electron chi connectivity index (χ3n) is 6.84. The van der Waals surface area contributed by atoms with Crippen LogP contribution in [0, 0.1) is 18.8 Å². The molecule has 1 saturated carbocycles. The molecule has 2 heterocycles. The summed E-state index contributed by atoms with van der Waals surface area (Å²) in [6.45, 7) is 9.48. The van der Waals surface area contributed by atoms with Gasteiger partial charge in [0.25, 0.3) is 0 Å². The van der Waals surface area contributed by atoms with Crippen LogP contribution in [0.2, 0.25) is 5.02 Å². The van der Waals surface area contributed by atoms with E-state index in [0.29, 0.717) is 22.9 Å². The Morgan fingerprint density at radius 2 is 1.88 bits per heavy atom. The van der Waals surface area contributed by atoms with Crippen LogP contribution in [-0.4, -0.2) is 34.7 Å². The minimum absolute atomic E-state index is 0.0648. The van der Waals surface area contributed by atoms with Crippen molar-refractivity contribution in [1.29, 1.82) is 0 Å². The molecule has 0 unspecified atom stereocenters. The lowest BCUT2D eigenvalue weighted by Crippen LogP contribution is -2.41. The largest absolute Gasteiger partial charge is 0.361 e. The lowest BCUT2D eigenvalue weighted by molar-refractivity contribution is 0.355. The van der Waals surface area contributed by atoms with Crippen LogP contribution in [0.5, 0.6) is 0 Å². The molecule has 0 spiro atoms. The van der Waals surface area contributed by atoms with Crippen LogP contribution in [0.15, 0.2) is 30.3 Å². The predicted octanol–water partition coefficient (Wildman–Crippen LogP) is 5.72. The zero-order valence-corrected chi connectivity index (χ0v) is 20.9. The molecule has 1 aliphatic heterocycles. The molecule has 4 rings (SSSR count). The third-order valence-corrected chi connectivity index (χ3v) is 7.33. The molecule has 32 heavy (non-hydrogen) atoms. The van der Waals surface area contributed by atoms with E-state index in [0.717, 1.165) is 49.0 Å². The van der Waals surface area contributed by atoms with Crippen molar-refractivity contribution in [2.75, 3.05) is 29.9 Å². The first-order chi connectivity index (χ1) is 15.3. The number of halogens is 1. The fraction of sp³-hybridized carbons (Fsp3) is 0.560. The summed E-state index contributed by atoms with van der Waals surface area (Å²) >= 11 is 11.9. The van der Waals surface area contributed by atoms with Crippen molar-refractivity contribution in [2.24, 2.45) is 11.8 Å². The van der Waals surface area contributed by atoms with Crippen LogP contribution in [0.3, 0.4) is 0 Å². The fourth-order valence-corrected chi connectivity index (χ4v) is 5.81. The molecule has 7 heteroatoms. The van der Waals surface area contributed by atoms with Crippen molar-refractivity contribution in [3.05, 3.63) is 46.6 Å². The molecule has 0 bridgehead atoms. The van der Waals surface area contributed by atoms with E-state index in [2.05, 4.69) is 52.6 Å². The number of piperidine rings is 1. The van der Waals surface area contributed by atoms with E-state index in [1.54, 1.807) is 0 Å². The second-order valence-corrected chi connectivity index (χ2v) is 10.7. The number of rotatable bonds is 5. The summed E-state index contributed by atoms with van der Waals surface area (Å²) in [5.41, 5.74) is 2.30. The second-order valence-electron chi connectivity index (χ2n) is 9.85. The van der Waals surface area contributed by atoms with Gasteiger partial charge in [-0.05, 0) is 67.9 Å². The highest BCUT2D eigenvalue weighted by atomic mass is 35.5. The van der Waals surface area contributed by atoms with Crippen LogP contribution in [-0.2, 0) is 5.41 Å². The smallest absolute Gasteiger partial charge is 0.231 e. The molecule has 1 aromatic carbocycles. The number of aryl methyl sites for hydroxylation is 1. The first-order valence-electron chi connectivity index (χ1n) is 11.7. The Labute approximate surface area is 202 Å². The minimum Gasteiger partial charge on any atom is -0.361 e. The highest BCUT2D eigenvalue weighted by molar-refractivity contribution is 7.80. The lowest BCUT2D eigenvalue weighted by Gasteiger charge is -2.36. The average Bonchev–Trinajstić information content (AvgIpc) is 3.21. The number of thiocarbonyl (C=S) groups is 1. The van der Waals surface area contributed by atoms with Crippen molar-refractivity contribution in [1.82, 2.24) is 15.3 Å². The molecule has 2 N–H and O–H groups in total. The average molecular weight is 472 g/mol. The maximum atomic E-state index is 6.29. The molecule has 172 valence electrons. The number of nitrogens with one attached hydrogen (secondary N) is 2. The van der Waals surface area contributed by atoms with Gasteiger partial charge >= 0.3 is 0 Å². The van der Waals surface area contributed by atoms with Gasteiger partial charge in [-0.1, -0.05) is 50.4 Å². The number of hydrogen-bond acceptors (Lipinski definition) is 4. The van der Waals surface area contributed by atoms with E-state index >= 15 is 0 Å². The number of benzene rings is 1. The molecule has 0 amide bonds. The van der Waals surface area contributed by atoms with Gasteiger partial charge in [0.1, 0.15) is 5.82 Å². The Kier molecular flexibility index (Phi) is 7.21. The molecular formula is C25H34ClN5S. The summed E-state index contributed by atoms with van der Waals surface area (Å²) in [5, 5.41) is 8.04. The molecule has 2 aliphatic rings. The number of anilines is 2. The van der Waals surface area contributed by atoms with Gasteiger partial charge in [0.2, 0.25) is 5.95 Å². The van der Waals surface area contributed by atoms with Gasteiger partial charge in [-0.25, -0.2) is 4.98 Å². The standard InChI is InChI=1S/C25H34ClN5S/c1-17-11-18(2)15-31(14-17)22-12-19(3)28-23(29-22)30-24(32)27-16-25(9-4-5-10-25)20-7-6-8-21(26)13-20/h6-8,12-13,17-18H,4-5,9-11,14-16H2,1-3H3,(H2,27,28,29,30,32)/t17-,18-/m1/s1. The highest BCUT2D eigenvalue weighted by Crippen LogP contribution is 2.41. The summed E-state index contributed by atoms with van der Waals surface area (Å²) in [4.78, 5) is 11.7. The molecule has 2 aromatic rings. The zero-order valence-electron chi connectivity index (χ0n) is 19.3. The van der Waals surface area contributed by atoms with Crippen LogP contribution in [0.25, 0.3) is 0 Å². The summed E-state index contributed by atoms with van der Waals surface area (Å²) in [7, 11) is 0. The van der Waals surface area contributed by atoms with Gasteiger partial charge in [0, 0.05) is 41.8 Å². The maximum absolute atomic E-state index is 6.29. The van der Waals surface area contributed by atoms with Gasteiger partial charge in [0.05, 0.1) is 0 Å². The number of hydrogen-bond donors (Lipinski definition) is 2.